The number of pyridine rings is 2. The van der Waals surface area contributed by atoms with E-state index in [9.17, 15) is 0 Å². The first-order chi connectivity index (χ1) is 22.7. The van der Waals surface area contributed by atoms with Crippen LogP contribution in [-0.2, 0) is 25.5 Å². The molecule has 1 aliphatic carbocycles. The van der Waals surface area contributed by atoms with E-state index in [4.69, 9.17) is 0 Å². The van der Waals surface area contributed by atoms with Crippen LogP contribution in [-0.4, -0.2) is 18.0 Å². The summed E-state index contributed by atoms with van der Waals surface area (Å²) in [6, 6.07) is 51.3. The Bertz CT molecular complexity index is 2200. The second-order valence-corrected chi connectivity index (χ2v) is 18.8. The molecule has 2 nitrogen and oxygen atoms in total. The molecule has 0 saturated heterocycles. The van der Waals surface area contributed by atoms with Crippen LogP contribution in [0.15, 0.2) is 140 Å². The van der Waals surface area contributed by atoms with Crippen molar-refractivity contribution >= 4 is 24.0 Å². The summed E-state index contributed by atoms with van der Waals surface area (Å²) in [5.74, 6) is 0. The Balaban J connectivity index is 0.000000165. The summed E-state index contributed by atoms with van der Waals surface area (Å²) in [5.41, 5.74) is 11.9. The smallest absolute Gasteiger partial charge is 0.0767 e. The van der Waals surface area contributed by atoms with Crippen LogP contribution in [0.25, 0.3) is 55.5 Å². The maximum Gasteiger partial charge on any atom is 0.0767 e. The average molecular weight is 815 g/mol. The number of aromatic nitrogens is 2. The van der Waals surface area contributed by atoms with Gasteiger partial charge in [0.25, 0.3) is 0 Å². The fourth-order valence-corrected chi connectivity index (χ4v) is 7.99. The number of hydrogen-bond acceptors (Lipinski definition) is 2. The monoisotopic (exact) mass is 815 g/mol. The summed E-state index contributed by atoms with van der Waals surface area (Å²) in [7, 11) is -1.33. The van der Waals surface area contributed by atoms with Crippen molar-refractivity contribution in [1.82, 2.24) is 9.97 Å². The first-order valence-corrected chi connectivity index (χ1v) is 19.7. The van der Waals surface area contributed by atoms with Crippen LogP contribution < -0.4 is 5.19 Å². The van der Waals surface area contributed by atoms with E-state index in [-0.39, 0.29) is 25.5 Å². The van der Waals surface area contributed by atoms with Crippen molar-refractivity contribution in [2.24, 2.45) is 0 Å². The Morgan fingerprint density at radius 1 is 0.583 bits per heavy atom. The van der Waals surface area contributed by atoms with Crippen molar-refractivity contribution in [1.29, 1.82) is 0 Å². The van der Waals surface area contributed by atoms with Crippen LogP contribution in [0.4, 0.5) is 0 Å². The Morgan fingerprint density at radius 3 is 2.06 bits per heavy atom. The second-order valence-electron chi connectivity index (χ2n) is 13.7. The summed E-state index contributed by atoms with van der Waals surface area (Å²) in [4.78, 5) is 9.13. The van der Waals surface area contributed by atoms with E-state index < -0.39 is 8.07 Å². The number of benzene rings is 5. The molecular weight excluding hydrogens is 777 g/mol. The number of fused-ring (bicyclic) bond motifs is 5. The predicted octanol–water partition coefficient (Wildman–Crippen LogP) is 10.8. The minimum atomic E-state index is -1.33. The zero-order valence-electron chi connectivity index (χ0n) is 28.0. The standard InChI is InChI=1S/C24H18N.C20H20NSi.Ir/c1-24(2)22-17-9-4-3-8-16(17)13-14-19(22)18-10-7-11-20(23(18)24)21-12-5-6-15-25-21;1-22(2,3)19-12-13-21-20(15-19)18-11-7-10-17(14-18)16-8-5-4-6-9-16;/h3-10,12-15H,1-2H3;4-10,12-15H,1-3H3;/q2*-1;. The van der Waals surface area contributed by atoms with Gasteiger partial charge in [0, 0.05) is 32.5 Å². The van der Waals surface area contributed by atoms with Crippen LogP contribution in [0.1, 0.15) is 25.0 Å². The third-order valence-corrected chi connectivity index (χ3v) is 11.2. The van der Waals surface area contributed by atoms with Gasteiger partial charge in [-0.05, 0) is 56.4 Å². The van der Waals surface area contributed by atoms with Crippen LogP contribution in [0, 0.1) is 12.1 Å². The van der Waals surface area contributed by atoms with E-state index in [2.05, 4.69) is 153 Å². The Labute approximate surface area is 299 Å². The van der Waals surface area contributed by atoms with Crippen LogP contribution in [0.5, 0.6) is 0 Å². The van der Waals surface area contributed by atoms with E-state index in [1.807, 2.05) is 42.7 Å². The molecule has 0 amide bonds. The van der Waals surface area contributed by atoms with E-state index in [1.165, 1.54) is 49.3 Å². The molecule has 2 heterocycles. The minimum absolute atomic E-state index is 0. The minimum Gasteiger partial charge on any atom is -0.305 e. The molecule has 2 aromatic heterocycles. The van der Waals surface area contributed by atoms with Gasteiger partial charge in [0.05, 0.1) is 8.07 Å². The largest absolute Gasteiger partial charge is 0.305 e. The predicted molar refractivity (Wildman–Crippen MR) is 201 cm³/mol. The first kappa shape index (κ1) is 33.4. The summed E-state index contributed by atoms with van der Waals surface area (Å²) in [6.45, 7) is 11.7. The Kier molecular flexibility index (Phi) is 9.45. The van der Waals surface area contributed by atoms with Gasteiger partial charge in [-0.15, -0.1) is 64.7 Å². The first-order valence-electron chi connectivity index (χ1n) is 16.2. The maximum atomic E-state index is 4.59. The van der Waals surface area contributed by atoms with E-state index >= 15 is 0 Å². The third kappa shape index (κ3) is 6.36. The summed E-state index contributed by atoms with van der Waals surface area (Å²) >= 11 is 0. The van der Waals surface area contributed by atoms with Gasteiger partial charge in [0.1, 0.15) is 0 Å². The van der Waals surface area contributed by atoms with Crippen LogP contribution in [0.3, 0.4) is 0 Å². The molecule has 0 spiro atoms. The fraction of sp³-hybridized carbons (Fsp3) is 0.136. The molecule has 1 aliphatic rings. The zero-order chi connectivity index (χ0) is 32.6. The molecule has 0 aliphatic heterocycles. The van der Waals surface area contributed by atoms with Crippen LogP contribution in [0.2, 0.25) is 19.6 Å². The van der Waals surface area contributed by atoms with Crippen molar-refractivity contribution in [3.8, 4) is 44.8 Å². The SMILES string of the molecule is CC1(C)c2c(-c3ccccn3)[c-]ccc2-c2ccc3ccccc3c21.C[Si](C)(C)c1ccnc(-c2[c-]ccc(-c3ccccc3)c2)c1.[Ir]. The molecule has 239 valence electrons. The van der Waals surface area contributed by atoms with Gasteiger partial charge in [-0.1, -0.05) is 129 Å². The molecule has 7 aromatic rings. The summed E-state index contributed by atoms with van der Waals surface area (Å²) < 4.78 is 0. The van der Waals surface area contributed by atoms with Crippen molar-refractivity contribution < 1.29 is 20.1 Å². The number of nitrogens with zero attached hydrogens (tertiary/aromatic N) is 2. The van der Waals surface area contributed by atoms with Crippen molar-refractivity contribution in [3.05, 3.63) is 163 Å². The number of rotatable bonds is 4. The van der Waals surface area contributed by atoms with Crippen LogP contribution >= 0.6 is 0 Å². The van der Waals surface area contributed by atoms with Gasteiger partial charge in [0.2, 0.25) is 0 Å². The van der Waals surface area contributed by atoms with Crippen molar-refractivity contribution in [2.45, 2.75) is 38.9 Å². The van der Waals surface area contributed by atoms with Gasteiger partial charge >= 0.3 is 0 Å². The normalized spacial score (nSPS) is 12.7. The molecule has 1 radical (unpaired) electrons. The molecule has 5 aromatic carbocycles. The summed E-state index contributed by atoms with van der Waals surface area (Å²) in [5, 5.41) is 4.06. The molecule has 0 saturated carbocycles. The summed E-state index contributed by atoms with van der Waals surface area (Å²) in [6.07, 6.45) is 3.78. The van der Waals surface area contributed by atoms with E-state index in [0.717, 1.165) is 22.5 Å². The molecule has 0 N–H and O–H groups in total. The molecule has 0 unspecified atom stereocenters. The molecule has 8 rings (SSSR count). The maximum absolute atomic E-state index is 4.59. The van der Waals surface area contributed by atoms with Gasteiger partial charge in [-0.3, -0.25) is 0 Å². The topological polar surface area (TPSA) is 25.8 Å². The third-order valence-electron chi connectivity index (χ3n) is 9.20. The zero-order valence-corrected chi connectivity index (χ0v) is 31.4. The molecule has 4 heteroatoms. The van der Waals surface area contributed by atoms with Gasteiger partial charge in [-0.2, -0.15) is 0 Å². The Morgan fingerprint density at radius 2 is 1.29 bits per heavy atom. The average Bonchev–Trinajstić information content (AvgIpc) is 3.35. The van der Waals surface area contributed by atoms with Crippen molar-refractivity contribution in [3.63, 3.8) is 0 Å². The second kappa shape index (κ2) is 13.6. The van der Waals surface area contributed by atoms with Crippen molar-refractivity contribution in [2.75, 3.05) is 0 Å². The van der Waals surface area contributed by atoms with E-state index in [1.54, 1.807) is 0 Å². The molecule has 0 fully saturated rings. The van der Waals surface area contributed by atoms with Gasteiger partial charge in [0.15, 0.2) is 0 Å². The molecule has 0 bridgehead atoms. The fourth-order valence-electron chi connectivity index (χ4n) is 6.85. The Hall–Kier alpha value is -4.47. The van der Waals surface area contributed by atoms with Gasteiger partial charge in [-0.25, -0.2) is 0 Å². The van der Waals surface area contributed by atoms with Gasteiger partial charge < -0.3 is 9.97 Å². The quantitative estimate of drug-likeness (QED) is 0.131. The molecule has 0 atom stereocenters. The van der Waals surface area contributed by atoms with E-state index in [0.29, 0.717) is 0 Å². The molecular formula is C44H38IrN2Si-2. The number of hydrogen-bond donors (Lipinski definition) is 0. The molecule has 48 heavy (non-hydrogen) atoms.